The number of nitrogens with zero attached hydrogens (tertiary/aromatic N) is 3. The van der Waals surface area contributed by atoms with Gasteiger partial charge in [-0.05, 0) is 25.7 Å². The van der Waals surface area contributed by atoms with Crippen molar-refractivity contribution in [3.8, 4) is 0 Å². The highest BCUT2D eigenvalue weighted by atomic mass is 16.5. The van der Waals surface area contributed by atoms with E-state index in [9.17, 15) is 9.59 Å². The van der Waals surface area contributed by atoms with Crippen LogP contribution in [0.3, 0.4) is 0 Å². The van der Waals surface area contributed by atoms with Gasteiger partial charge in [-0.3, -0.25) is 10.1 Å². The van der Waals surface area contributed by atoms with Crippen molar-refractivity contribution >= 4 is 17.8 Å². The summed E-state index contributed by atoms with van der Waals surface area (Å²) < 4.78 is 10.7. The van der Waals surface area contributed by atoms with Gasteiger partial charge in [-0.2, -0.15) is 0 Å². The fourth-order valence-electron chi connectivity index (χ4n) is 3.63. The van der Waals surface area contributed by atoms with Gasteiger partial charge < -0.3 is 19.1 Å². The second-order valence-corrected chi connectivity index (χ2v) is 8.66. The molecule has 0 radical (unpaired) electrons. The van der Waals surface area contributed by atoms with E-state index >= 15 is 0 Å². The van der Waals surface area contributed by atoms with Gasteiger partial charge in [0.1, 0.15) is 5.76 Å². The van der Waals surface area contributed by atoms with Gasteiger partial charge >= 0.3 is 6.03 Å². The largest absolute Gasteiger partial charge is 0.381 e. The molecule has 0 unspecified atom stereocenters. The van der Waals surface area contributed by atoms with E-state index in [1.165, 1.54) is 0 Å². The Morgan fingerprint density at radius 1 is 1.07 bits per heavy atom. The highest BCUT2D eigenvalue weighted by molar-refractivity contribution is 5.88. The number of carbonyl (C=O) groups is 2. The number of amides is 3. The van der Waals surface area contributed by atoms with Crippen molar-refractivity contribution in [1.29, 1.82) is 0 Å². The summed E-state index contributed by atoms with van der Waals surface area (Å²) in [5.41, 5.74) is -0.156. The maximum absolute atomic E-state index is 12.7. The average molecular weight is 393 g/mol. The lowest BCUT2D eigenvalue weighted by molar-refractivity contribution is -0.139. The van der Waals surface area contributed by atoms with Gasteiger partial charge in [-0.25, -0.2) is 4.79 Å². The van der Waals surface area contributed by atoms with Crippen molar-refractivity contribution in [2.45, 2.75) is 51.9 Å². The Morgan fingerprint density at radius 2 is 1.68 bits per heavy atom. The molecule has 1 aromatic rings. The molecule has 0 saturated carbocycles. The number of rotatable bonds is 2. The quantitative estimate of drug-likeness (QED) is 0.836. The lowest BCUT2D eigenvalue weighted by atomic mass is 9.93. The van der Waals surface area contributed by atoms with E-state index in [0.717, 1.165) is 31.4 Å². The molecule has 0 aromatic carbocycles. The van der Waals surface area contributed by atoms with Crippen LogP contribution in [0.4, 0.5) is 10.6 Å². The van der Waals surface area contributed by atoms with E-state index < -0.39 is 0 Å². The Kier molecular flexibility index (Phi) is 6.59. The van der Waals surface area contributed by atoms with Crippen LogP contribution in [0.2, 0.25) is 0 Å². The van der Waals surface area contributed by atoms with Crippen LogP contribution in [0.15, 0.2) is 10.6 Å². The van der Waals surface area contributed by atoms with Crippen LogP contribution in [0.5, 0.6) is 0 Å². The molecule has 1 aromatic heterocycles. The predicted molar refractivity (Wildman–Crippen MR) is 105 cm³/mol. The fourth-order valence-corrected chi connectivity index (χ4v) is 3.63. The standard InChI is InChI=1S/C20H32N4O4/c1-20(2,3)16-14-17(22-28-16)21-19(26)24-10-4-8-23(9-5-11-24)18(25)15-6-12-27-13-7-15/h14-15H,4-13H2,1-3H3,(H,21,22,26). The van der Waals surface area contributed by atoms with Gasteiger partial charge in [0, 0.05) is 56.8 Å². The smallest absolute Gasteiger partial charge is 0.323 e. The van der Waals surface area contributed by atoms with Gasteiger partial charge in [-0.1, -0.05) is 25.9 Å². The molecule has 156 valence electrons. The van der Waals surface area contributed by atoms with E-state index in [2.05, 4.69) is 10.5 Å². The van der Waals surface area contributed by atoms with Crippen LogP contribution in [-0.4, -0.2) is 66.3 Å². The Labute approximate surface area is 166 Å². The van der Waals surface area contributed by atoms with Gasteiger partial charge in [0.05, 0.1) is 0 Å². The number of anilines is 1. The summed E-state index contributed by atoms with van der Waals surface area (Å²) in [5, 5.41) is 6.78. The summed E-state index contributed by atoms with van der Waals surface area (Å²) in [6.45, 7) is 10.1. The first-order valence-electron chi connectivity index (χ1n) is 10.2. The van der Waals surface area contributed by atoms with Crippen molar-refractivity contribution in [2.75, 3.05) is 44.7 Å². The van der Waals surface area contributed by atoms with Crippen LogP contribution in [-0.2, 0) is 14.9 Å². The molecule has 0 aliphatic carbocycles. The number of nitrogens with one attached hydrogen (secondary N) is 1. The van der Waals surface area contributed by atoms with Crippen LogP contribution in [0.25, 0.3) is 0 Å². The topological polar surface area (TPSA) is 87.9 Å². The van der Waals surface area contributed by atoms with Crippen molar-refractivity contribution < 1.29 is 18.8 Å². The third kappa shape index (κ3) is 5.25. The molecule has 3 amide bonds. The molecule has 1 N–H and O–H groups in total. The molecule has 3 rings (SSSR count). The van der Waals surface area contributed by atoms with Crippen LogP contribution < -0.4 is 5.32 Å². The zero-order valence-corrected chi connectivity index (χ0v) is 17.2. The monoisotopic (exact) mass is 392 g/mol. The zero-order valence-electron chi connectivity index (χ0n) is 17.2. The number of urea groups is 1. The minimum absolute atomic E-state index is 0.0942. The Hall–Kier alpha value is -2.09. The van der Waals surface area contributed by atoms with Crippen LogP contribution in [0, 0.1) is 5.92 Å². The number of carbonyl (C=O) groups excluding carboxylic acids is 2. The van der Waals surface area contributed by atoms with E-state index in [1.807, 2.05) is 25.7 Å². The third-order valence-corrected chi connectivity index (χ3v) is 5.37. The SMILES string of the molecule is CC(C)(C)c1cc(NC(=O)N2CCCN(C(=O)C3CCOCC3)CCC2)no1. The van der Waals surface area contributed by atoms with E-state index in [0.29, 0.717) is 45.2 Å². The van der Waals surface area contributed by atoms with E-state index in [1.54, 1.807) is 11.0 Å². The molecule has 8 heteroatoms. The second-order valence-electron chi connectivity index (χ2n) is 8.66. The van der Waals surface area contributed by atoms with E-state index in [-0.39, 0.29) is 23.3 Å². The number of hydrogen-bond acceptors (Lipinski definition) is 5. The summed E-state index contributed by atoms with van der Waals surface area (Å²) in [6, 6.07) is 1.61. The van der Waals surface area contributed by atoms with Crippen molar-refractivity contribution in [1.82, 2.24) is 15.0 Å². The zero-order chi connectivity index (χ0) is 20.1. The summed E-state index contributed by atoms with van der Waals surface area (Å²) in [7, 11) is 0. The molecular formula is C20H32N4O4. The van der Waals surface area contributed by atoms with Crippen molar-refractivity contribution in [2.24, 2.45) is 5.92 Å². The molecule has 8 nitrogen and oxygen atoms in total. The molecule has 2 aliphatic rings. The minimum atomic E-state index is -0.169. The molecule has 3 heterocycles. The third-order valence-electron chi connectivity index (χ3n) is 5.37. The highest BCUT2D eigenvalue weighted by Crippen LogP contribution is 2.24. The number of aromatic nitrogens is 1. The Balaban J connectivity index is 1.49. The summed E-state index contributed by atoms with van der Waals surface area (Å²) >= 11 is 0. The molecular weight excluding hydrogens is 360 g/mol. The van der Waals surface area contributed by atoms with Gasteiger partial charge in [-0.15, -0.1) is 0 Å². The predicted octanol–water partition coefficient (Wildman–Crippen LogP) is 2.86. The van der Waals surface area contributed by atoms with Crippen molar-refractivity contribution in [3.63, 3.8) is 0 Å². The minimum Gasteiger partial charge on any atom is -0.381 e. The summed E-state index contributed by atoms with van der Waals surface area (Å²) in [6.07, 6.45) is 3.18. The molecule has 28 heavy (non-hydrogen) atoms. The average Bonchev–Trinajstić information content (AvgIpc) is 3.11. The molecule has 2 fully saturated rings. The molecule has 0 spiro atoms. The maximum atomic E-state index is 12.7. The molecule has 0 atom stereocenters. The van der Waals surface area contributed by atoms with Crippen LogP contribution in [0.1, 0.15) is 52.2 Å². The second kappa shape index (κ2) is 8.94. The number of ether oxygens (including phenoxy) is 1. The lowest BCUT2D eigenvalue weighted by Gasteiger charge is -2.33. The highest BCUT2D eigenvalue weighted by Gasteiger charge is 2.28. The lowest BCUT2D eigenvalue weighted by Crippen LogP contribution is -2.45. The fraction of sp³-hybridized carbons (Fsp3) is 0.750. The molecule has 2 saturated heterocycles. The Morgan fingerprint density at radius 3 is 2.25 bits per heavy atom. The van der Waals surface area contributed by atoms with E-state index in [4.69, 9.17) is 9.26 Å². The number of hydrogen-bond donors (Lipinski definition) is 1. The summed E-state index contributed by atoms with van der Waals surface area (Å²) in [4.78, 5) is 29.1. The molecule has 0 bridgehead atoms. The van der Waals surface area contributed by atoms with Crippen LogP contribution >= 0.6 is 0 Å². The van der Waals surface area contributed by atoms with Gasteiger partial charge in [0.15, 0.2) is 5.82 Å². The summed E-state index contributed by atoms with van der Waals surface area (Å²) in [5.74, 6) is 1.52. The first kappa shape index (κ1) is 20.6. The first-order chi connectivity index (χ1) is 13.3. The Bertz CT molecular complexity index is 666. The van der Waals surface area contributed by atoms with Crippen molar-refractivity contribution in [3.05, 3.63) is 11.8 Å². The first-order valence-corrected chi connectivity index (χ1v) is 10.2. The molecule has 2 aliphatic heterocycles. The normalized spacial score (nSPS) is 19.8. The van der Waals surface area contributed by atoms with Gasteiger partial charge in [0.25, 0.3) is 0 Å². The maximum Gasteiger partial charge on any atom is 0.323 e. The van der Waals surface area contributed by atoms with Gasteiger partial charge in [0.2, 0.25) is 5.91 Å².